The molecule has 0 aromatic carbocycles. The van der Waals surface area contributed by atoms with Crippen LogP contribution in [0.2, 0.25) is 0 Å². The number of carbonyl (C=O) groups is 2. The number of piperidine rings is 1. The number of nitrogens with zero attached hydrogens (tertiary/aromatic N) is 4. The van der Waals surface area contributed by atoms with Crippen molar-refractivity contribution in [3.63, 3.8) is 0 Å². The maximum atomic E-state index is 13.4. The smallest absolute Gasteiger partial charge is 0.444 e. The zero-order chi connectivity index (χ0) is 27.8. The second-order valence-electron chi connectivity index (χ2n) is 12.5. The van der Waals surface area contributed by atoms with Gasteiger partial charge in [-0.3, -0.25) is 4.79 Å². The van der Waals surface area contributed by atoms with Gasteiger partial charge in [0.05, 0.1) is 11.2 Å². The first-order valence-electron chi connectivity index (χ1n) is 13.2. The van der Waals surface area contributed by atoms with Gasteiger partial charge in [0.25, 0.3) is 0 Å². The number of hydrogen-bond acceptors (Lipinski definition) is 8. The highest BCUT2D eigenvalue weighted by molar-refractivity contribution is 6.61. The lowest BCUT2D eigenvalue weighted by Crippen LogP contribution is -2.56. The summed E-state index contributed by atoms with van der Waals surface area (Å²) >= 11 is 0. The number of hydrogen-bond donors (Lipinski definition) is 1. The summed E-state index contributed by atoms with van der Waals surface area (Å²) in [5.41, 5.74) is -0.724. The van der Waals surface area contributed by atoms with Crippen LogP contribution in [0.3, 0.4) is 0 Å². The lowest BCUT2D eigenvalue weighted by molar-refractivity contribution is -0.135. The van der Waals surface area contributed by atoms with Crippen LogP contribution in [0.4, 0.5) is 10.7 Å². The Labute approximate surface area is 222 Å². The monoisotopic (exact) mass is 517 g/mol. The third kappa shape index (κ3) is 6.93. The van der Waals surface area contributed by atoms with Crippen molar-refractivity contribution in [3.8, 4) is 0 Å². The summed E-state index contributed by atoms with van der Waals surface area (Å²) in [5, 5.41) is 2.77. The lowest BCUT2D eigenvalue weighted by atomic mass is 9.81. The zero-order valence-electron chi connectivity index (χ0n) is 24.1. The molecule has 2 aliphatic heterocycles. The van der Waals surface area contributed by atoms with Gasteiger partial charge in [-0.05, 0) is 67.2 Å². The Morgan fingerprint density at radius 2 is 1.73 bits per heavy atom. The lowest BCUT2D eigenvalue weighted by Gasteiger charge is -2.39. The molecule has 0 spiro atoms. The largest absolute Gasteiger partial charge is 0.498 e. The van der Waals surface area contributed by atoms with E-state index in [1.807, 2.05) is 41.5 Å². The number of likely N-dealkylation sites (N-methyl/N-ethyl adjacent to an activating group) is 1. The average Bonchev–Trinajstić information content (AvgIpc) is 3.02. The fraction of sp³-hybridized carbons (Fsp3) is 0.769. The molecule has 1 aromatic rings. The average molecular weight is 517 g/mol. The Morgan fingerprint density at radius 1 is 1.16 bits per heavy atom. The number of rotatable bonds is 6. The van der Waals surface area contributed by atoms with Crippen LogP contribution in [-0.2, 0) is 18.8 Å². The number of nitrogens with one attached hydrogen (secondary N) is 1. The van der Waals surface area contributed by atoms with E-state index in [-0.39, 0.29) is 17.9 Å². The number of alkyl carbamates (subject to hydrolysis) is 1. The molecule has 206 valence electrons. The van der Waals surface area contributed by atoms with Crippen molar-refractivity contribution in [1.82, 2.24) is 20.2 Å². The maximum absolute atomic E-state index is 13.4. The van der Waals surface area contributed by atoms with Crippen molar-refractivity contribution in [1.29, 1.82) is 0 Å². The third-order valence-electron chi connectivity index (χ3n) is 7.36. The summed E-state index contributed by atoms with van der Waals surface area (Å²) in [7, 11) is 1.28. The highest BCUT2D eigenvalue weighted by atomic mass is 16.7. The van der Waals surface area contributed by atoms with Crippen LogP contribution in [0.5, 0.6) is 0 Å². The minimum absolute atomic E-state index is 0.0330. The van der Waals surface area contributed by atoms with Crippen molar-refractivity contribution in [3.05, 3.63) is 12.4 Å². The van der Waals surface area contributed by atoms with Crippen LogP contribution in [0.1, 0.15) is 75.2 Å². The molecule has 2 fully saturated rings. The summed E-state index contributed by atoms with van der Waals surface area (Å²) in [6, 6.07) is -0.708. The molecule has 0 saturated carbocycles. The van der Waals surface area contributed by atoms with Crippen molar-refractivity contribution in [2.45, 2.75) is 104 Å². The first-order valence-corrected chi connectivity index (χ1v) is 13.2. The number of ether oxygens (including phenoxy) is 1. The highest BCUT2D eigenvalue weighted by Crippen LogP contribution is 2.36. The fourth-order valence-electron chi connectivity index (χ4n) is 4.40. The molecule has 1 aromatic heterocycles. The molecule has 2 aliphatic rings. The van der Waals surface area contributed by atoms with E-state index in [1.54, 1.807) is 45.1 Å². The van der Waals surface area contributed by atoms with Gasteiger partial charge >= 0.3 is 13.2 Å². The van der Waals surface area contributed by atoms with Gasteiger partial charge in [0.2, 0.25) is 11.9 Å². The van der Waals surface area contributed by atoms with Crippen LogP contribution >= 0.6 is 0 Å². The predicted molar refractivity (Wildman–Crippen MR) is 144 cm³/mol. The number of anilines is 1. The molecule has 2 saturated heterocycles. The summed E-state index contributed by atoms with van der Waals surface area (Å²) in [6.07, 6.45) is 4.68. The molecule has 10 nitrogen and oxygen atoms in total. The molecule has 37 heavy (non-hydrogen) atoms. The van der Waals surface area contributed by atoms with E-state index < -0.39 is 36.1 Å². The van der Waals surface area contributed by atoms with Crippen LogP contribution in [0.25, 0.3) is 0 Å². The first kappa shape index (κ1) is 29.2. The van der Waals surface area contributed by atoms with E-state index in [1.165, 1.54) is 0 Å². The molecule has 3 heterocycles. The van der Waals surface area contributed by atoms with Crippen LogP contribution in [0.15, 0.2) is 12.4 Å². The molecule has 3 rings (SSSR count). The normalized spacial score (nSPS) is 22.1. The minimum atomic E-state index is -0.675. The Balaban J connectivity index is 1.65. The molecule has 0 bridgehead atoms. The summed E-state index contributed by atoms with van der Waals surface area (Å²) in [6.45, 7) is 18.7. The van der Waals surface area contributed by atoms with Crippen molar-refractivity contribution in [2.24, 2.45) is 5.92 Å². The summed E-state index contributed by atoms with van der Waals surface area (Å²) < 4.78 is 17.6. The van der Waals surface area contributed by atoms with Gasteiger partial charge < -0.3 is 29.2 Å². The molecule has 11 heteroatoms. The van der Waals surface area contributed by atoms with Gasteiger partial charge in [0.15, 0.2) is 0 Å². The fourth-order valence-corrected chi connectivity index (χ4v) is 4.40. The SMILES string of the molecule is CC(C)C(NC(=O)OC(C)(C)C)C(=O)N(C)C1CCCN(c2ncc(B3OC(C)(C)C(C)(C)O3)cn2)C1. The van der Waals surface area contributed by atoms with E-state index >= 15 is 0 Å². The first-order chi connectivity index (χ1) is 17.0. The van der Waals surface area contributed by atoms with Crippen LogP contribution < -0.4 is 15.7 Å². The highest BCUT2D eigenvalue weighted by Gasteiger charge is 2.52. The van der Waals surface area contributed by atoms with Gasteiger partial charge in [0.1, 0.15) is 11.6 Å². The van der Waals surface area contributed by atoms with E-state index in [2.05, 4.69) is 20.2 Å². The van der Waals surface area contributed by atoms with E-state index in [9.17, 15) is 9.59 Å². The van der Waals surface area contributed by atoms with E-state index in [0.717, 1.165) is 24.8 Å². The Kier molecular flexibility index (Phi) is 8.49. The maximum Gasteiger partial charge on any atom is 0.498 e. The van der Waals surface area contributed by atoms with Gasteiger partial charge in [-0.2, -0.15) is 0 Å². The van der Waals surface area contributed by atoms with Crippen molar-refractivity contribution >= 4 is 30.5 Å². The Bertz CT molecular complexity index is 947. The van der Waals surface area contributed by atoms with Gasteiger partial charge in [0, 0.05) is 44.0 Å². The van der Waals surface area contributed by atoms with Crippen molar-refractivity contribution < 1.29 is 23.6 Å². The Morgan fingerprint density at radius 3 is 2.24 bits per heavy atom. The number of aromatic nitrogens is 2. The number of amides is 2. The second kappa shape index (κ2) is 10.8. The number of carbonyl (C=O) groups excluding carboxylic acids is 2. The molecular formula is C26H44BN5O5. The van der Waals surface area contributed by atoms with Crippen molar-refractivity contribution in [2.75, 3.05) is 25.0 Å². The second-order valence-corrected chi connectivity index (χ2v) is 12.5. The summed E-state index contributed by atoms with van der Waals surface area (Å²) in [4.78, 5) is 38.8. The van der Waals surface area contributed by atoms with E-state index in [4.69, 9.17) is 14.0 Å². The van der Waals surface area contributed by atoms with Gasteiger partial charge in [-0.1, -0.05) is 13.8 Å². The third-order valence-corrected chi connectivity index (χ3v) is 7.36. The minimum Gasteiger partial charge on any atom is -0.444 e. The zero-order valence-corrected chi connectivity index (χ0v) is 24.1. The molecule has 0 aliphatic carbocycles. The molecule has 0 radical (unpaired) electrons. The predicted octanol–water partition coefficient (Wildman–Crippen LogP) is 2.75. The molecular weight excluding hydrogens is 473 g/mol. The molecule has 2 unspecified atom stereocenters. The molecule has 2 amide bonds. The standard InChI is InChI=1S/C26H44BN5O5/c1-17(2)20(30-23(34)35-24(3,4)5)21(33)31(10)19-12-11-13-32(16-19)22-28-14-18(15-29-22)27-36-25(6,7)26(8,9)37-27/h14-15,17,19-20H,11-13,16H2,1-10H3,(H,30,34). The quantitative estimate of drug-likeness (QED) is 0.575. The Hall–Kier alpha value is -2.40. The summed E-state index contributed by atoms with van der Waals surface area (Å²) in [5.74, 6) is 0.385. The van der Waals surface area contributed by atoms with E-state index in [0.29, 0.717) is 12.5 Å². The van der Waals surface area contributed by atoms with Gasteiger partial charge in [-0.15, -0.1) is 0 Å². The topological polar surface area (TPSA) is 106 Å². The molecule has 1 N–H and O–H groups in total. The van der Waals surface area contributed by atoms with Crippen LogP contribution in [0, 0.1) is 5.92 Å². The van der Waals surface area contributed by atoms with Crippen LogP contribution in [-0.4, -0.2) is 83.0 Å². The van der Waals surface area contributed by atoms with Gasteiger partial charge in [-0.25, -0.2) is 14.8 Å². The molecule has 2 atom stereocenters.